The normalized spacial score (nSPS) is 15.6. The summed E-state index contributed by atoms with van der Waals surface area (Å²) < 4.78 is 2.39. The Bertz CT molecular complexity index is 873. The van der Waals surface area contributed by atoms with Crippen LogP contribution in [0.15, 0.2) is 41.8 Å². The topological polar surface area (TPSA) is 25.5 Å². The van der Waals surface area contributed by atoms with Gasteiger partial charge < -0.3 is 14.4 Å². The van der Waals surface area contributed by atoms with Crippen LogP contribution in [0.25, 0.3) is 11.3 Å². The van der Waals surface area contributed by atoms with Gasteiger partial charge in [0.2, 0.25) is 0 Å². The number of aryl methyl sites for hydroxylation is 1. The average molecular weight is 368 g/mol. The van der Waals surface area contributed by atoms with Crippen molar-refractivity contribution in [3.05, 3.63) is 58.7 Å². The van der Waals surface area contributed by atoms with Gasteiger partial charge in [0.15, 0.2) is 5.13 Å². The fourth-order valence-electron chi connectivity index (χ4n) is 3.68. The molecule has 1 aliphatic heterocycles. The molecule has 5 heteroatoms. The molecule has 3 aromatic rings. The number of nitrogens with one attached hydrogen (secondary N) is 1. The number of rotatable bonds is 4. The molecule has 0 saturated carbocycles. The van der Waals surface area contributed by atoms with Gasteiger partial charge in [0.05, 0.1) is 38.9 Å². The van der Waals surface area contributed by atoms with Gasteiger partial charge in [-0.15, -0.1) is 11.3 Å². The summed E-state index contributed by atoms with van der Waals surface area (Å²) >= 11 is 1.78. The first-order chi connectivity index (χ1) is 12.6. The van der Waals surface area contributed by atoms with Crippen molar-refractivity contribution >= 4 is 16.5 Å². The molecule has 1 aliphatic rings. The second-order valence-electron chi connectivity index (χ2n) is 7.32. The third-order valence-electron chi connectivity index (χ3n) is 5.41. The van der Waals surface area contributed by atoms with E-state index < -0.39 is 0 Å². The van der Waals surface area contributed by atoms with Crippen LogP contribution < -0.4 is 9.80 Å². The Kier molecular flexibility index (Phi) is 4.83. The van der Waals surface area contributed by atoms with Crippen molar-refractivity contribution in [3.63, 3.8) is 0 Å². The fourth-order valence-corrected chi connectivity index (χ4v) is 4.56. The highest BCUT2D eigenvalue weighted by molar-refractivity contribution is 7.14. The van der Waals surface area contributed by atoms with Crippen LogP contribution in [0.1, 0.15) is 17.0 Å². The van der Waals surface area contributed by atoms with E-state index in [1.165, 1.54) is 40.7 Å². The fraction of sp³-hybridized carbons (Fsp3) is 0.381. The number of nitrogens with zero attached hydrogens (tertiary/aromatic N) is 3. The lowest BCUT2D eigenvalue weighted by Gasteiger charge is -2.29. The molecule has 1 aromatic carbocycles. The van der Waals surface area contributed by atoms with Gasteiger partial charge in [-0.25, -0.2) is 4.98 Å². The maximum Gasteiger partial charge on any atom is 0.186 e. The summed E-state index contributed by atoms with van der Waals surface area (Å²) in [5.41, 5.74) is 6.30. The van der Waals surface area contributed by atoms with Crippen molar-refractivity contribution in [3.8, 4) is 11.3 Å². The van der Waals surface area contributed by atoms with Crippen LogP contribution in [0.3, 0.4) is 0 Å². The minimum atomic E-state index is 0.913. The van der Waals surface area contributed by atoms with E-state index in [0.717, 1.165) is 25.3 Å². The third kappa shape index (κ3) is 3.41. The van der Waals surface area contributed by atoms with E-state index in [2.05, 4.69) is 72.1 Å². The van der Waals surface area contributed by atoms with Crippen LogP contribution >= 0.6 is 11.3 Å². The second-order valence-corrected chi connectivity index (χ2v) is 8.15. The third-order valence-corrected chi connectivity index (χ3v) is 6.31. The summed E-state index contributed by atoms with van der Waals surface area (Å²) in [6, 6.07) is 12.9. The zero-order valence-electron chi connectivity index (χ0n) is 15.8. The lowest BCUT2D eigenvalue weighted by Crippen LogP contribution is -3.12. The van der Waals surface area contributed by atoms with E-state index in [4.69, 9.17) is 4.98 Å². The number of quaternary nitrogens is 1. The van der Waals surface area contributed by atoms with Crippen molar-refractivity contribution in [1.29, 1.82) is 0 Å². The Morgan fingerprint density at radius 2 is 1.85 bits per heavy atom. The average Bonchev–Trinajstić information content (AvgIpc) is 3.24. The molecule has 136 valence electrons. The molecule has 26 heavy (non-hydrogen) atoms. The Hall–Kier alpha value is -2.11. The van der Waals surface area contributed by atoms with Crippen LogP contribution in [-0.2, 0) is 6.54 Å². The molecule has 1 N–H and O–H groups in total. The monoisotopic (exact) mass is 367 g/mol. The number of piperazine rings is 1. The highest BCUT2D eigenvalue weighted by Gasteiger charge is 2.21. The predicted molar refractivity (Wildman–Crippen MR) is 109 cm³/mol. The highest BCUT2D eigenvalue weighted by atomic mass is 32.1. The lowest BCUT2D eigenvalue weighted by molar-refractivity contribution is -0.880. The van der Waals surface area contributed by atoms with Crippen LogP contribution in [-0.4, -0.2) is 42.8 Å². The molecule has 0 bridgehead atoms. The van der Waals surface area contributed by atoms with Crippen molar-refractivity contribution in [2.45, 2.75) is 20.4 Å². The number of aromatic nitrogens is 2. The van der Waals surface area contributed by atoms with E-state index in [1.54, 1.807) is 16.2 Å². The Morgan fingerprint density at radius 3 is 2.58 bits per heavy atom. The van der Waals surface area contributed by atoms with Crippen molar-refractivity contribution in [1.82, 2.24) is 9.55 Å². The summed E-state index contributed by atoms with van der Waals surface area (Å²) in [4.78, 5) is 9.02. The van der Waals surface area contributed by atoms with Gasteiger partial charge in [0, 0.05) is 28.9 Å². The molecule has 3 heterocycles. The molecular weight excluding hydrogens is 340 g/mol. The van der Waals surface area contributed by atoms with Gasteiger partial charge >= 0.3 is 0 Å². The highest BCUT2D eigenvalue weighted by Crippen LogP contribution is 2.31. The van der Waals surface area contributed by atoms with Gasteiger partial charge in [-0.2, -0.15) is 0 Å². The first kappa shape index (κ1) is 17.3. The largest absolute Gasteiger partial charge is 0.344 e. The molecule has 1 fully saturated rings. The molecule has 0 amide bonds. The Labute approximate surface area is 159 Å². The zero-order chi connectivity index (χ0) is 18.1. The van der Waals surface area contributed by atoms with E-state index in [1.807, 2.05) is 0 Å². The zero-order valence-corrected chi connectivity index (χ0v) is 16.6. The molecule has 0 atom stereocenters. The van der Waals surface area contributed by atoms with E-state index in [0.29, 0.717) is 0 Å². The predicted octanol–water partition coefficient (Wildman–Crippen LogP) is 2.61. The maximum absolute atomic E-state index is 4.97. The van der Waals surface area contributed by atoms with Crippen LogP contribution in [0, 0.1) is 13.8 Å². The molecular formula is C21H27N4S+. The smallest absolute Gasteiger partial charge is 0.186 e. The van der Waals surface area contributed by atoms with E-state index in [9.17, 15) is 0 Å². The number of hydrogen-bond donors (Lipinski definition) is 1. The molecule has 2 aromatic heterocycles. The molecule has 1 saturated heterocycles. The van der Waals surface area contributed by atoms with Crippen LogP contribution in [0.2, 0.25) is 0 Å². The molecule has 0 aliphatic carbocycles. The lowest BCUT2D eigenvalue weighted by atomic mass is 10.2. The maximum atomic E-state index is 4.97. The quantitative estimate of drug-likeness (QED) is 0.767. The van der Waals surface area contributed by atoms with Crippen molar-refractivity contribution < 1.29 is 4.90 Å². The molecule has 4 rings (SSSR count). The molecule has 0 spiro atoms. The van der Waals surface area contributed by atoms with Crippen LogP contribution in [0.5, 0.6) is 0 Å². The first-order valence-electron chi connectivity index (χ1n) is 9.34. The Balaban J connectivity index is 1.58. The van der Waals surface area contributed by atoms with Crippen LogP contribution in [0.4, 0.5) is 5.13 Å². The summed E-state index contributed by atoms with van der Waals surface area (Å²) in [6.45, 7) is 9.91. The number of thiazole rings is 1. The summed E-state index contributed by atoms with van der Waals surface area (Å²) in [5, 5.41) is 3.38. The van der Waals surface area contributed by atoms with Gasteiger partial charge in [-0.1, -0.05) is 30.3 Å². The minimum absolute atomic E-state index is 0.913. The molecule has 4 nitrogen and oxygen atoms in total. The van der Waals surface area contributed by atoms with Crippen molar-refractivity contribution in [2.24, 2.45) is 0 Å². The number of hydrogen-bond acceptors (Lipinski definition) is 3. The second kappa shape index (κ2) is 7.25. The number of anilines is 1. The summed E-state index contributed by atoms with van der Waals surface area (Å²) in [7, 11) is 2.27. The Morgan fingerprint density at radius 1 is 1.12 bits per heavy atom. The standard InChI is InChI=1S/C21H26N4S/c1-16-13-19(17(2)25(16)14-18-7-5-4-6-8-18)20-15-26-21(22-20)24-11-9-23(3)10-12-24/h4-8,13,15H,9-12,14H2,1-3H3/p+1. The molecule has 0 unspecified atom stereocenters. The summed E-state index contributed by atoms with van der Waals surface area (Å²) in [5.74, 6) is 0. The summed E-state index contributed by atoms with van der Waals surface area (Å²) in [6.07, 6.45) is 0. The van der Waals surface area contributed by atoms with Gasteiger partial charge in [0.25, 0.3) is 0 Å². The van der Waals surface area contributed by atoms with Crippen molar-refractivity contribution in [2.75, 3.05) is 38.1 Å². The first-order valence-corrected chi connectivity index (χ1v) is 10.2. The number of benzene rings is 1. The van der Waals surface area contributed by atoms with Gasteiger partial charge in [0.1, 0.15) is 0 Å². The van der Waals surface area contributed by atoms with E-state index in [-0.39, 0.29) is 0 Å². The number of likely N-dealkylation sites (N-methyl/N-ethyl adjacent to an activating group) is 1. The minimum Gasteiger partial charge on any atom is -0.344 e. The van der Waals surface area contributed by atoms with Gasteiger partial charge in [-0.05, 0) is 25.5 Å². The molecule has 0 radical (unpaired) electrons. The van der Waals surface area contributed by atoms with E-state index >= 15 is 0 Å². The SMILES string of the molecule is Cc1cc(-c2csc(N3CC[NH+](C)CC3)n2)c(C)n1Cc1ccccc1. The van der Waals surface area contributed by atoms with Gasteiger partial charge in [-0.3, -0.25) is 0 Å².